The zero-order chi connectivity index (χ0) is 22.3. The van der Waals surface area contributed by atoms with Crippen LogP contribution in [0.3, 0.4) is 0 Å². The summed E-state index contributed by atoms with van der Waals surface area (Å²) < 4.78 is 18.7. The van der Waals surface area contributed by atoms with Crippen LogP contribution in [0.5, 0.6) is 11.5 Å². The number of fused-ring (bicyclic) bond motifs is 6. The van der Waals surface area contributed by atoms with Gasteiger partial charge in [0, 0.05) is 37.5 Å². The minimum Gasteiger partial charge on any atom is -0.493 e. The first-order chi connectivity index (χ1) is 14.8. The fourth-order valence-corrected chi connectivity index (χ4v) is 4.54. The van der Waals surface area contributed by atoms with Crippen molar-refractivity contribution in [1.29, 1.82) is 0 Å². The first kappa shape index (κ1) is 21.2. The zero-order valence-corrected chi connectivity index (χ0v) is 18.3. The summed E-state index contributed by atoms with van der Waals surface area (Å²) in [5.41, 5.74) is 1.61. The maximum Gasteiger partial charge on any atom is 0.341 e. The van der Waals surface area contributed by atoms with Gasteiger partial charge in [-0.15, -0.1) is 0 Å². The minimum atomic E-state index is -1.23. The number of hydrogen-bond acceptors (Lipinski definition) is 6. The molecule has 3 heterocycles. The highest BCUT2D eigenvalue weighted by atomic mass is 16.5. The van der Waals surface area contributed by atoms with Crippen LogP contribution in [0.4, 0.5) is 0 Å². The lowest BCUT2D eigenvalue weighted by atomic mass is 9.76. The summed E-state index contributed by atoms with van der Waals surface area (Å²) in [4.78, 5) is 24.0. The Bertz CT molecular complexity index is 1070. The van der Waals surface area contributed by atoms with E-state index in [0.717, 1.165) is 24.0 Å². The summed E-state index contributed by atoms with van der Waals surface area (Å²) in [5, 5.41) is 11.6. The Morgan fingerprint density at radius 3 is 2.65 bits per heavy atom. The van der Waals surface area contributed by atoms with E-state index in [1.54, 1.807) is 7.11 Å². The van der Waals surface area contributed by atoms with Crippen molar-refractivity contribution in [3.63, 3.8) is 0 Å². The van der Waals surface area contributed by atoms with Crippen molar-refractivity contribution in [2.75, 3.05) is 31.9 Å². The molecule has 1 aromatic heterocycles. The van der Waals surface area contributed by atoms with Crippen LogP contribution in [-0.4, -0.2) is 48.2 Å². The SMILES string of the molecule is CCOCCCOc1cc2c(cc1OC)-c1cc(=O)c(C(=O)O)cn1N1C2CC1(C)C. The molecule has 1 fully saturated rings. The van der Waals surface area contributed by atoms with Crippen LogP contribution in [0.15, 0.2) is 29.2 Å². The van der Waals surface area contributed by atoms with E-state index >= 15 is 0 Å². The molecule has 0 amide bonds. The van der Waals surface area contributed by atoms with E-state index in [2.05, 4.69) is 18.9 Å². The van der Waals surface area contributed by atoms with Crippen molar-refractivity contribution in [3.8, 4) is 22.8 Å². The lowest BCUT2D eigenvalue weighted by molar-refractivity contribution is 0.0693. The number of benzene rings is 1. The van der Waals surface area contributed by atoms with Crippen LogP contribution in [0.1, 0.15) is 55.6 Å². The molecule has 0 saturated carbocycles. The summed E-state index contributed by atoms with van der Waals surface area (Å²) in [6, 6.07) is 5.32. The summed E-state index contributed by atoms with van der Waals surface area (Å²) >= 11 is 0. The first-order valence-corrected chi connectivity index (χ1v) is 10.5. The lowest BCUT2D eigenvalue weighted by Gasteiger charge is -2.60. The van der Waals surface area contributed by atoms with E-state index in [0.29, 0.717) is 37.0 Å². The molecule has 166 valence electrons. The molecule has 1 saturated heterocycles. The molecule has 0 aliphatic carbocycles. The predicted molar refractivity (Wildman–Crippen MR) is 116 cm³/mol. The summed E-state index contributed by atoms with van der Waals surface area (Å²) in [6.07, 6.45) is 3.10. The Kier molecular flexibility index (Phi) is 5.43. The summed E-state index contributed by atoms with van der Waals surface area (Å²) in [5.74, 6) is -0.00165. The van der Waals surface area contributed by atoms with Crippen LogP contribution in [0, 0.1) is 0 Å². The smallest absolute Gasteiger partial charge is 0.341 e. The highest BCUT2D eigenvalue weighted by molar-refractivity contribution is 5.88. The van der Waals surface area contributed by atoms with E-state index < -0.39 is 11.4 Å². The molecule has 1 N–H and O–H groups in total. The molecular weight excluding hydrogens is 400 g/mol. The molecule has 8 nitrogen and oxygen atoms in total. The van der Waals surface area contributed by atoms with Crippen LogP contribution in [0.25, 0.3) is 11.3 Å². The normalized spacial score (nSPS) is 17.8. The third kappa shape index (κ3) is 3.54. The Morgan fingerprint density at radius 2 is 2.00 bits per heavy atom. The van der Waals surface area contributed by atoms with Gasteiger partial charge in [0.05, 0.1) is 31.0 Å². The van der Waals surface area contributed by atoms with Crippen molar-refractivity contribution < 1.29 is 24.1 Å². The second-order valence-electron chi connectivity index (χ2n) is 8.45. The molecular formula is C23H28N2O6. The molecule has 2 aromatic rings. The van der Waals surface area contributed by atoms with Gasteiger partial charge in [-0.2, -0.15) is 0 Å². The van der Waals surface area contributed by atoms with Crippen LogP contribution in [0.2, 0.25) is 0 Å². The van der Waals surface area contributed by atoms with Crippen LogP contribution in [-0.2, 0) is 4.74 Å². The van der Waals surface area contributed by atoms with E-state index in [1.165, 1.54) is 12.3 Å². The van der Waals surface area contributed by atoms with Gasteiger partial charge < -0.3 is 19.3 Å². The van der Waals surface area contributed by atoms with E-state index in [9.17, 15) is 14.7 Å². The molecule has 4 rings (SSSR count). The lowest BCUT2D eigenvalue weighted by Crippen LogP contribution is -2.65. The number of pyridine rings is 1. The quantitative estimate of drug-likeness (QED) is 0.646. The van der Waals surface area contributed by atoms with Gasteiger partial charge in [0.15, 0.2) is 16.9 Å². The van der Waals surface area contributed by atoms with E-state index in [-0.39, 0.29) is 17.1 Å². The molecule has 0 spiro atoms. The van der Waals surface area contributed by atoms with Crippen LogP contribution >= 0.6 is 0 Å². The highest BCUT2D eigenvalue weighted by Gasteiger charge is 2.50. The standard InChI is InChI=1S/C23H28N2O6/c1-5-30-7-6-8-31-21-10-15-14(9-20(21)29-4)17-11-19(26)16(22(27)28)13-24(17)25-18(15)12-23(25,2)3/h9-11,13,18H,5-8,12H2,1-4H3,(H,27,28). The van der Waals surface area contributed by atoms with Crippen LogP contribution < -0.4 is 19.9 Å². The molecule has 0 bridgehead atoms. The van der Waals surface area contributed by atoms with Gasteiger partial charge in [0.1, 0.15) is 5.56 Å². The number of hydrogen-bond donors (Lipinski definition) is 1. The third-order valence-corrected chi connectivity index (χ3v) is 5.97. The number of rotatable bonds is 8. The second kappa shape index (κ2) is 7.92. The van der Waals surface area contributed by atoms with Gasteiger partial charge in [0.25, 0.3) is 0 Å². The molecule has 2 aliphatic rings. The highest BCUT2D eigenvalue weighted by Crippen LogP contribution is 2.53. The van der Waals surface area contributed by atoms with Gasteiger partial charge in [-0.25, -0.2) is 4.79 Å². The van der Waals surface area contributed by atoms with Crippen molar-refractivity contribution in [2.24, 2.45) is 0 Å². The fraction of sp³-hybridized carbons (Fsp3) is 0.478. The largest absolute Gasteiger partial charge is 0.493 e. The molecule has 0 radical (unpaired) electrons. The number of carbonyl (C=O) groups is 1. The van der Waals surface area contributed by atoms with Crippen molar-refractivity contribution >= 4 is 5.97 Å². The Labute approximate surface area is 180 Å². The van der Waals surface area contributed by atoms with Gasteiger partial charge in [-0.3, -0.25) is 14.5 Å². The van der Waals surface area contributed by atoms with Crippen molar-refractivity contribution in [3.05, 3.63) is 45.7 Å². The molecule has 1 aromatic carbocycles. The molecule has 31 heavy (non-hydrogen) atoms. The average molecular weight is 428 g/mol. The maximum absolute atomic E-state index is 12.5. The number of methoxy groups -OCH3 is 1. The maximum atomic E-state index is 12.5. The van der Waals surface area contributed by atoms with Gasteiger partial charge in [0.2, 0.25) is 0 Å². The van der Waals surface area contributed by atoms with Gasteiger partial charge in [-0.1, -0.05) is 0 Å². The Morgan fingerprint density at radius 1 is 1.23 bits per heavy atom. The Hall–Kier alpha value is -3.00. The average Bonchev–Trinajstić information content (AvgIpc) is 2.72. The number of nitrogens with zero attached hydrogens (tertiary/aromatic N) is 2. The monoisotopic (exact) mass is 428 g/mol. The second-order valence-corrected chi connectivity index (χ2v) is 8.45. The van der Waals surface area contributed by atoms with E-state index in [1.807, 2.05) is 23.7 Å². The first-order valence-electron chi connectivity index (χ1n) is 10.5. The topological polar surface area (TPSA) is 90.2 Å². The summed E-state index contributed by atoms with van der Waals surface area (Å²) in [6.45, 7) is 7.99. The number of aromatic nitrogens is 1. The molecule has 1 unspecified atom stereocenters. The molecule has 8 heteroatoms. The Balaban J connectivity index is 1.78. The third-order valence-electron chi connectivity index (χ3n) is 5.97. The van der Waals surface area contributed by atoms with Gasteiger partial charge in [-0.05, 0) is 44.9 Å². The number of carboxylic acid groups (broad SMARTS) is 1. The number of carboxylic acids is 1. The predicted octanol–water partition coefficient (Wildman–Crippen LogP) is 3.20. The van der Waals surface area contributed by atoms with Crippen molar-refractivity contribution in [1.82, 2.24) is 4.68 Å². The minimum absolute atomic E-state index is 0.0540. The number of ether oxygens (including phenoxy) is 3. The van der Waals surface area contributed by atoms with Gasteiger partial charge >= 0.3 is 5.97 Å². The van der Waals surface area contributed by atoms with E-state index in [4.69, 9.17) is 14.2 Å². The summed E-state index contributed by atoms with van der Waals surface area (Å²) in [7, 11) is 1.58. The van der Waals surface area contributed by atoms with Crippen molar-refractivity contribution in [2.45, 2.75) is 45.2 Å². The zero-order valence-electron chi connectivity index (χ0n) is 18.3. The molecule has 1 atom stereocenters. The fourth-order valence-electron chi connectivity index (χ4n) is 4.54. The number of aromatic carboxylic acids is 1. The molecule has 2 aliphatic heterocycles.